The molecule has 1 aromatic carbocycles. The van der Waals surface area contributed by atoms with Crippen LogP contribution in [0.2, 0.25) is 0 Å². The zero-order valence-corrected chi connectivity index (χ0v) is 13.0. The normalized spacial score (nSPS) is 17.1. The molecule has 0 spiro atoms. The molecule has 0 aromatic heterocycles. The van der Waals surface area contributed by atoms with Crippen molar-refractivity contribution in [2.24, 2.45) is 5.73 Å². The second kappa shape index (κ2) is 7.45. The first-order chi connectivity index (χ1) is 10.4. The lowest BCUT2D eigenvalue weighted by molar-refractivity contribution is 0.0590. The van der Waals surface area contributed by atoms with E-state index < -0.39 is 27.4 Å². The minimum atomic E-state index is -3.71. The standard InChI is InChI=1S/C14H20F2N2O3S/c15-12-7-11(8-13(16)9-12)10-22(19,20)18(4-3-17)14-1-5-21-6-2-14/h7-9,14H,1-6,10,17H2. The molecule has 124 valence electrons. The van der Waals surface area contributed by atoms with Crippen molar-refractivity contribution in [2.45, 2.75) is 24.6 Å². The van der Waals surface area contributed by atoms with Gasteiger partial charge in [-0.05, 0) is 30.5 Å². The highest BCUT2D eigenvalue weighted by molar-refractivity contribution is 7.88. The average Bonchev–Trinajstić information content (AvgIpc) is 2.43. The Hall–Kier alpha value is -1.09. The van der Waals surface area contributed by atoms with Gasteiger partial charge in [-0.25, -0.2) is 17.2 Å². The Morgan fingerprint density at radius 2 is 1.77 bits per heavy atom. The van der Waals surface area contributed by atoms with Crippen LogP contribution in [0.1, 0.15) is 18.4 Å². The van der Waals surface area contributed by atoms with Gasteiger partial charge in [-0.3, -0.25) is 0 Å². The third kappa shape index (κ3) is 4.45. The molecule has 0 saturated carbocycles. The van der Waals surface area contributed by atoms with Crippen molar-refractivity contribution in [3.05, 3.63) is 35.4 Å². The first kappa shape index (κ1) is 17.3. The van der Waals surface area contributed by atoms with Crippen LogP contribution < -0.4 is 5.73 Å². The van der Waals surface area contributed by atoms with Gasteiger partial charge in [-0.2, -0.15) is 4.31 Å². The van der Waals surface area contributed by atoms with Crippen LogP contribution >= 0.6 is 0 Å². The zero-order valence-electron chi connectivity index (χ0n) is 12.2. The number of nitrogens with zero attached hydrogens (tertiary/aromatic N) is 1. The van der Waals surface area contributed by atoms with Crippen molar-refractivity contribution in [1.29, 1.82) is 0 Å². The molecule has 0 aliphatic carbocycles. The second-order valence-corrected chi connectivity index (χ2v) is 7.20. The number of rotatable bonds is 6. The smallest absolute Gasteiger partial charge is 0.218 e. The maximum absolute atomic E-state index is 13.2. The number of halogens is 2. The summed E-state index contributed by atoms with van der Waals surface area (Å²) in [5.74, 6) is -2.03. The van der Waals surface area contributed by atoms with E-state index in [9.17, 15) is 17.2 Å². The molecule has 1 saturated heterocycles. The molecule has 2 rings (SSSR count). The lowest BCUT2D eigenvalue weighted by atomic mass is 10.1. The first-order valence-electron chi connectivity index (χ1n) is 7.14. The van der Waals surface area contributed by atoms with Crippen LogP contribution in [-0.4, -0.2) is 45.1 Å². The van der Waals surface area contributed by atoms with Gasteiger partial charge in [0.2, 0.25) is 10.0 Å². The van der Waals surface area contributed by atoms with Crippen molar-refractivity contribution in [2.75, 3.05) is 26.3 Å². The predicted molar refractivity (Wildman–Crippen MR) is 78.6 cm³/mol. The Labute approximate surface area is 129 Å². The minimum Gasteiger partial charge on any atom is -0.381 e. The SMILES string of the molecule is NCCN(C1CCOCC1)S(=O)(=O)Cc1cc(F)cc(F)c1. The Morgan fingerprint density at radius 1 is 1.18 bits per heavy atom. The fourth-order valence-electron chi connectivity index (χ4n) is 2.64. The van der Waals surface area contributed by atoms with Crippen LogP contribution in [0.5, 0.6) is 0 Å². The van der Waals surface area contributed by atoms with E-state index in [0.717, 1.165) is 12.1 Å². The lowest BCUT2D eigenvalue weighted by Crippen LogP contribution is -2.46. The molecule has 0 unspecified atom stereocenters. The molecule has 0 amide bonds. The van der Waals surface area contributed by atoms with Gasteiger partial charge in [-0.1, -0.05) is 0 Å². The van der Waals surface area contributed by atoms with Crippen LogP contribution in [0.4, 0.5) is 8.78 Å². The molecule has 1 fully saturated rings. The number of sulfonamides is 1. The fourth-order valence-corrected chi connectivity index (χ4v) is 4.44. The molecule has 22 heavy (non-hydrogen) atoms. The van der Waals surface area contributed by atoms with Gasteiger partial charge >= 0.3 is 0 Å². The van der Waals surface area contributed by atoms with E-state index in [1.807, 2.05) is 0 Å². The highest BCUT2D eigenvalue weighted by atomic mass is 32.2. The lowest BCUT2D eigenvalue weighted by Gasteiger charge is -2.33. The van der Waals surface area contributed by atoms with Gasteiger partial charge in [0.25, 0.3) is 0 Å². The number of benzene rings is 1. The maximum atomic E-state index is 13.2. The summed E-state index contributed by atoms with van der Waals surface area (Å²) < 4.78 is 58.2. The maximum Gasteiger partial charge on any atom is 0.218 e. The average molecular weight is 334 g/mol. The van der Waals surface area contributed by atoms with Crippen LogP contribution in [0, 0.1) is 11.6 Å². The van der Waals surface area contributed by atoms with E-state index in [0.29, 0.717) is 32.1 Å². The van der Waals surface area contributed by atoms with Gasteiger partial charge in [0.05, 0.1) is 5.75 Å². The first-order valence-corrected chi connectivity index (χ1v) is 8.75. The highest BCUT2D eigenvalue weighted by Gasteiger charge is 2.31. The fraction of sp³-hybridized carbons (Fsp3) is 0.571. The summed E-state index contributed by atoms with van der Waals surface area (Å²) >= 11 is 0. The van der Waals surface area contributed by atoms with E-state index in [2.05, 4.69) is 0 Å². The molecule has 2 N–H and O–H groups in total. The third-order valence-corrected chi connectivity index (χ3v) is 5.47. The van der Waals surface area contributed by atoms with Crippen molar-refractivity contribution < 1.29 is 21.9 Å². The largest absolute Gasteiger partial charge is 0.381 e. The topological polar surface area (TPSA) is 72.6 Å². The highest BCUT2D eigenvalue weighted by Crippen LogP contribution is 2.21. The van der Waals surface area contributed by atoms with Gasteiger partial charge in [0.1, 0.15) is 11.6 Å². The number of ether oxygens (including phenoxy) is 1. The van der Waals surface area contributed by atoms with E-state index in [4.69, 9.17) is 10.5 Å². The van der Waals surface area contributed by atoms with E-state index in [1.165, 1.54) is 4.31 Å². The van der Waals surface area contributed by atoms with Crippen molar-refractivity contribution in [3.63, 3.8) is 0 Å². The zero-order chi connectivity index (χ0) is 16.2. The molecular formula is C14H20F2N2O3S. The van der Waals surface area contributed by atoms with E-state index >= 15 is 0 Å². The summed E-state index contributed by atoms with van der Waals surface area (Å²) in [5.41, 5.74) is 5.61. The molecular weight excluding hydrogens is 314 g/mol. The number of hydrogen-bond donors (Lipinski definition) is 1. The second-order valence-electron chi connectivity index (χ2n) is 5.28. The van der Waals surface area contributed by atoms with Crippen molar-refractivity contribution >= 4 is 10.0 Å². The van der Waals surface area contributed by atoms with Gasteiger partial charge < -0.3 is 10.5 Å². The van der Waals surface area contributed by atoms with Crippen molar-refractivity contribution in [3.8, 4) is 0 Å². The summed E-state index contributed by atoms with van der Waals surface area (Å²) in [6.07, 6.45) is 1.19. The Morgan fingerprint density at radius 3 is 2.32 bits per heavy atom. The van der Waals surface area contributed by atoms with Crippen LogP contribution in [0.3, 0.4) is 0 Å². The summed E-state index contributed by atoms with van der Waals surface area (Å²) in [7, 11) is -3.71. The Balaban J connectivity index is 2.20. The van der Waals surface area contributed by atoms with Gasteiger partial charge in [-0.15, -0.1) is 0 Å². The van der Waals surface area contributed by atoms with Crippen LogP contribution in [0.15, 0.2) is 18.2 Å². The molecule has 1 aliphatic heterocycles. The summed E-state index contributed by atoms with van der Waals surface area (Å²) in [5, 5.41) is 0. The molecule has 1 aliphatic rings. The quantitative estimate of drug-likeness (QED) is 0.849. The number of nitrogens with two attached hydrogens (primary N) is 1. The van der Waals surface area contributed by atoms with E-state index in [-0.39, 0.29) is 24.7 Å². The van der Waals surface area contributed by atoms with Gasteiger partial charge in [0.15, 0.2) is 0 Å². The summed E-state index contributed by atoms with van der Waals surface area (Å²) in [6, 6.07) is 2.60. The van der Waals surface area contributed by atoms with E-state index in [1.54, 1.807) is 0 Å². The van der Waals surface area contributed by atoms with Crippen LogP contribution in [0.25, 0.3) is 0 Å². The molecule has 0 atom stereocenters. The molecule has 1 aromatic rings. The monoisotopic (exact) mass is 334 g/mol. The van der Waals surface area contributed by atoms with Gasteiger partial charge in [0, 0.05) is 38.4 Å². The number of hydrogen-bond acceptors (Lipinski definition) is 4. The molecule has 1 heterocycles. The molecule has 8 heteroatoms. The van der Waals surface area contributed by atoms with Crippen molar-refractivity contribution in [1.82, 2.24) is 4.31 Å². The van der Waals surface area contributed by atoms with Crippen LogP contribution in [-0.2, 0) is 20.5 Å². The molecule has 0 radical (unpaired) electrons. The molecule has 0 bridgehead atoms. The summed E-state index contributed by atoms with van der Waals surface area (Å²) in [4.78, 5) is 0. The minimum absolute atomic E-state index is 0.0894. The Bertz CT molecular complexity index is 584. The summed E-state index contributed by atoms with van der Waals surface area (Å²) in [6.45, 7) is 1.37. The third-order valence-electron chi connectivity index (χ3n) is 3.58. The Kier molecular flexibility index (Phi) is 5.85. The predicted octanol–water partition coefficient (Wildman–Crippen LogP) is 1.23. The molecule has 5 nitrogen and oxygen atoms in total.